The van der Waals surface area contributed by atoms with Crippen molar-refractivity contribution in [1.82, 2.24) is 0 Å². The Labute approximate surface area is 119 Å². The van der Waals surface area contributed by atoms with Gasteiger partial charge in [-0.3, -0.25) is 4.79 Å². The minimum absolute atomic E-state index is 0.222. The number of benzene rings is 2. The first-order valence-corrected chi connectivity index (χ1v) is 6.67. The van der Waals surface area contributed by atoms with Crippen LogP contribution in [0.1, 0.15) is 32.3 Å². The van der Waals surface area contributed by atoms with Gasteiger partial charge in [-0.15, -0.1) is 0 Å². The van der Waals surface area contributed by atoms with Crippen LogP contribution in [0, 0.1) is 0 Å². The smallest absolute Gasteiger partial charge is 0.161 e. The number of Topliss-reactive ketones (excluding diaryl/α,β-unsaturated/α-hetero) is 1. The molecule has 0 aliphatic rings. The Bertz CT molecular complexity index is 644. The third-order valence-corrected chi connectivity index (χ3v) is 4.13. The maximum atomic E-state index is 11.6. The minimum atomic E-state index is -1.35. The summed E-state index contributed by atoms with van der Waals surface area (Å²) in [5.41, 5.74) is -0.400. The lowest BCUT2D eigenvalue weighted by Crippen LogP contribution is -2.38. The molecule has 0 saturated heterocycles. The second-order valence-electron chi connectivity index (χ2n) is 5.40. The summed E-state index contributed by atoms with van der Waals surface area (Å²) in [6.07, 6.45) is 0. The zero-order valence-corrected chi connectivity index (χ0v) is 12.3. The molecule has 0 amide bonds. The van der Waals surface area contributed by atoms with Crippen molar-refractivity contribution in [2.75, 3.05) is 7.11 Å². The predicted molar refractivity (Wildman–Crippen MR) is 80.2 cm³/mol. The van der Waals surface area contributed by atoms with E-state index >= 15 is 0 Å². The van der Waals surface area contributed by atoms with Gasteiger partial charge in [0, 0.05) is 5.92 Å². The molecule has 0 fully saturated rings. The maximum Gasteiger partial charge on any atom is 0.161 e. The summed E-state index contributed by atoms with van der Waals surface area (Å²) in [5, 5.41) is 12.4. The summed E-state index contributed by atoms with van der Waals surface area (Å²) < 4.78 is 5.20. The summed E-state index contributed by atoms with van der Waals surface area (Å²) >= 11 is 0. The van der Waals surface area contributed by atoms with Gasteiger partial charge in [0.25, 0.3) is 0 Å². The van der Waals surface area contributed by atoms with Crippen LogP contribution in [0.3, 0.4) is 0 Å². The average molecular weight is 272 g/mol. The number of aliphatic hydroxyl groups is 1. The first-order valence-electron chi connectivity index (χ1n) is 6.67. The fraction of sp³-hybridized carbons (Fsp3) is 0.353. The molecule has 20 heavy (non-hydrogen) atoms. The van der Waals surface area contributed by atoms with Gasteiger partial charge in [-0.25, -0.2) is 0 Å². The SMILES string of the molecule is COc1ccc2cc(C(C)C(C)(O)C(C)=O)ccc2c1. The molecule has 2 atom stereocenters. The molecule has 0 aliphatic heterocycles. The van der Waals surface area contributed by atoms with E-state index in [-0.39, 0.29) is 11.7 Å². The monoisotopic (exact) mass is 272 g/mol. The van der Waals surface area contributed by atoms with E-state index in [9.17, 15) is 9.90 Å². The highest BCUT2D eigenvalue weighted by Crippen LogP contribution is 2.31. The Morgan fingerprint density at radius 3 is 2.40 bits per heavy atom. The second kappa shape index (κ2) is 5.25. The molecule has 3 heteroatoms. The van der Waals surface area contributed by atoms with Crippen LogP contribution in [0.15, 0.2) is 36.4 Å². The fourth-order valence-corrected chi connectivity index (χ4v) is 2.27. The molecule has 2 aromatic carbocycles. The molecule has 0 aromatic heterocycles. The molecular formula is C17H20O3. The van der Waals surface area contributed by atoms with Crippen molar-refractivity contribution in [2.45, 2.75) is 32.3 Å². The van der Waals surface area contributed by atoms with Crippen LogP contribution in [0.25, 0.3) is 10.8 Å². The lowest BCUT2D eigenvalue weighted by atomic mass is 9.82. The van der Waals surface area contributed by atoms with Gasteiger partial charge < -0.3 is 9.84 Å². The third-order valence-electron chi connectivity index (χ3n) is 4.13. The number of rotatable bonds is 4. The number of ketones is 1. The zero-order chi connectivity index (χ0) is 14.9. The zero-order valence-electron chi connectivity index (χ0n) is 12.3. The van der Waals surface area contributed by atoms with E-state index in [1.54, 1.807) is 14.0 Å². The van der Waals surface area contributed by atoms with E-state index < -0.39 is 5.60 Å². The van der Waals surface area contributed by atoms with Crippen LogP contribution in [-0.4, -0.2) is 23.6 Å². The van der Waals surface area contributed by atoms with Crippen LogP contribution in [0.2, 0.25) is 0 Å². The van der Waals surface area contributed by atoms with Crippen molar-refractivity contribution in [3.63, 3.8) is 0 Å². The maximum absolute atomic E-state index is 11.6. The van der Waals surface area contributed by atoms with Gasteiger partial charge in [-0.1, -0.05) is 31.2 Å². The van der Waals surface area contributed by atoms with Gasteiger partial charge >= 0.3 is 0 Å². The van der Waals surface area contributed by atoms with E-state index in [0.717, 1.165) is 22.1 Å². The van der Waals surface area contributed by atoms with Gasteiger partial charge in [0.15, 0.2) is 5.78 Å². The largest absolute Gasteiger partial charge is 0.497 e. The van der Waals surface area contributed by atoms with E-state index in [4.69, 9.17) is 4.74 Å². The molecule has 2 rings (SSSR count). The van der Waals surface area contributed by atoms with Crippen LogP contribution in [-0.2, 0) is 4.79 Å². The van der Waals surface area contributed by atoms with Gasteiger partial charge in [0.2, 0.25) is 0 Å². The number of hydrogen-bond acceptors (Lipinski definition) is 3. The van der Waals surface area contributed by atoms with Crippen molar-refractivity contribution in [2.24, 2.45) is 0 Å². The first-order chi connectivity index (χ1) is 9.36. The Kier molecular flexibility index (Phi) is 3.82. The molecular weight excluding hydrogens is 252 g/mol. The topological polar surface area (TPSA) is 46.5 Å². The number of carbonyl (C=O) groups excluding carboxylic acids is 1. The Hall–Kier alpha value is -1.87. The standard InChI is InChI=1S/C17H20O3/c1-11(17(3,19)12(2)18)13-5-6-15-10-16(20-4)8-7-14(15)9-13/h5-11,19H,1-4H3. The number of hydrogen-bond donors (Lipinski definition) is 1. The van der Waals surface area contributed by atoms with Gasteiger partial charge in [0.1, 0.15) is 11.4 Å². The third kappa shape index (κ3) is 2.54. The molecule has 0 aliphatic carbocycles. The van der Waals surface area contributed by atoms with Gasteiger partial charge in [-0.05, 0) is 42.3 Å². The highest BCUT2D eigenvalue weighted by molar-refractivity contribution is 5.87. The van der Waals surface area contributed by atoms with Gasteiger partial charge in [-0.2, -0.15) is 0 Å². The van der Waals surface area contributed by atoms with Crippen LogP contribution < -0.4 is 4.74 Å². The molecule has 0 radical (unpaired) electrons. The number of ether oxygens (including phenoxy) is 1. The summed E-state index contributed by atoms with van der Waals surface area (Å²) in [4.78, 5) is 11.6. The lowest BCUT2D eigenvalue weighted by Gasteiger charge is -2.28. The van der Waals surface area contributed by atoms with Crippen molar-refractivity contribution < 1.29 is 14.6 Å². The van der Waals surface area contributed by atoms with Crippen molar-refractivity contribution in [1.29, 1.82) is 0 Å². The van der Waals surface area contributed by atoms with Gasteiger partial charge in [0.05, 0.1) is 7.11 Å². The molecule has 2 unspecified atom stereocenters. The highest BCUT2D eigenvalue weighted by atomic mass is 16.5. The molecule has 0 bridgehead atoms. The summed E-state index contributed by atoms with van der Waals surface area (Å²) in [5.74, 6) is 0.334. The molecule has 0 heterocycles. The van der Waals surface area contributed by atoms with Crippen molar-refractivity contribution in [3.8, 4) is 5.75 Å². The molecule has 1 N–H and O–H groups in total. The Morgan fingerprint density at radius 1 is 1.20 bits per heavy atom. The van der Waals surface area contributed by atoms with Crippen molar-refractivity contribution in [3.05, 3.63) is 42.0 Å². The molecule has 106 valence electrons. The minimum Gasteiger partial charge on any atom is -0.497 e. The number of carbonyl (C=O) groups is 1. The molecule has 0 saturated carbocycles. The first kappa shape index (κ1) is 14.5. The normalized spacial score (nSPS) is 15.7. The van der Waals surface area contributed by atoms with Crippen molar-refractivity contribution >= 4 is 16.6 Å². The highest BCUT2D eigenvalue weighted by Gasteiger charge is 2.34. The molecule has 2 aromatic rings. The van der Waals surface area contributed by atoms with E-state index in [0.29, 0.717) is 0 Å². The quantitative estimate of drug-likeness (QED) is 0.929. The second-order valence-corrected chi connectivity index (χ2v) is 5.40. The molecule has 0 spiro atoms. The summed E-state index contributed by atoms with van der Waals surface area (Å²) in [7, 11) is 1.64. The van der Waals surface area contributed by atoms with E-state index in [1.165, 1.54) is 6.92 Å². The predicted octanol–water partition coefficient (Wildman–Crippen LogP) is 3.29. The number of fused-ring (bicyclic) bond motifs is 1. The summed E-state index contributed by atoms with van der Waals surface area (Å²) in [6, 6.07) is 11.8. The van der Waals surface area contributed by atoms with Crippen LogP contribution in [0.5, 0.6) is 5.75 Å². The lowest BCUT2D eigenvalue weighted by molar-refractivity contribution is -0.135. The van der Waals surface area contributed by atoms with Crippen LogP contribution in [0.4, 0.5) is 0 Å². The average Bonchev–Trinajstić information content (AvgIpc) is 2.45. The fourth-order valence-electron chi connectivity index (χ4n) is 2.27. The number of methoxy groups -OCH3 is 1. The Morgan fingerprint density at radius 2 is 1.80 bits per heavy atom. The molecule has 3 nitrogen and oxygen atoms in total. The Balaban J connectivity index is 2.44. The van der Waals surface area contributed by atoms with Crippen LogP contribution >= 0.6 is 0 Å². The summed E-state index contributed by atoms with van der Waals surface area (Å²) in [6.45, 7) is 4.85. The van der Waals surface area contributed by atoms with E-state index in [1.807, 2.05) is 43.3 Å². The van der Waals surface area contributed by atoms with E-state index in [2.05, 4.69) is 0 Å².